The molecule has 1 aromatic rings. The molecule has 3 rings (SSSR count). The van der Waals surface area contributed by atoms with E-state index in [2.05, 4.69) is 23.0 Å². The Morgan fingerprint density at radius 3 is 3.17 bits per heavy atom. The van der Waals surface area contributed by atoms with Gasteiger partial charge in [0.05, 0.1) is 24.9 Å². The number of quaternary nitrogens is 1. The third kappa shape index (κ3) is 2.28. The van der Waals surface area contributed by atoms with Gasteiger partial charge in [-0.3, -0.25) is 9.88 Å². The van der Waals surface area contributed by atoms with E-state index < -0.39 is 0 Å². The van der Waals surface area contributed by atoms with Crippen molar-refractivity contribution in [1.29, 1.82) is 0 Å². The summed E-state index contributed by atoms with van der Waals surface area (Å²) in [7, 11) is 5.89. The Bertz CT molecular complexity index is 429. The monoisotopic (exact) mass is 247 g/mol. The van der Waals surface area contributed by atoms with Crippen LogP contribution in [0.15, 0.2) is 12.3 Å². The number of hydrogen-bond acceptors (Lipinski definition) is 3. The Morgan fingerprint density at radius 2 is 2.39 bits per heavy atom. The maximum Gasteiger partial charge on any atom is 0.0825 e. The van der Waals surface area contributed by atoms with Crippen molar-refractivity contribution in [3.8, 4) is 0 Å². The van der Waals surface area contributed by atoms with Gasteiger partial charge in [0.2, 0.25) is 0 Å². The lowest BCUT2D eigenvalue weighted by Crippen LogP contribution is -3.06. The summed E-state index contributed by atoms with van der Waals surface area (Å²) in [5, 5.41) is 0. The fourth-order valence-electron chi connectivity index (χ4n) is 2.86. The Labute approximate surface area is 109 Å². The molecule has 1 aromatic heterocycles. The predicted octanol–water partition coefficient (Wildman–Crippen LogP) is -0.355. The van der Waals surface area contributed by atoms with Gasteiger partial charge in [-0.15, -0.1) is 0 Å². The standard InChI is InChI=1S/C14H21N3O/c1-16-6-4-13-11(7-16)3-5-15-14(13)10-17-8-12(9-17)18-2/h3,5,12,16H,1,4,6-10H2,2H3. The summed E-state index contributed by atoms with van der Waals surface area (Å²) in [6, 6.07) is 2.15. The van der Waals surface area contributed by atoms with Crippen molar-refractivity contribution in [1.82, 2.24) is 9.88 Å². The van der Waals surface area contributed by atoms with Crippen LogP contribution in [-0.4, -0.2) is 42.7 Å². The molecular formula is C14H21N3O. The summed E-state index contributed by atoms with van der Waals surface area (Å²) in [5.41, 5.74) is 4.15. The summed E-state index contributed by atoms with van der Waals surface area (Å²) < 4.78 is 5.31. The quantitative estimate of drug-likeness (QED) is 0.740. The highest BCUT2D eigenvalue weighted by Gasteiger charge is 2.28. The highest BCUT2D eigenvalue weighted by Crippen LogP contribution is 2.20. The number of aromatic nitrogens is 1. The molecule has 98 valence electrons. The van der Waals surface area contributed by atoms with Gasteiger partial charge in [0.15, 0.2) is 0 Å². The van der Waals surface area contributed by atoms with Crippen molar-refractivity contribution in [2.45, 2.75) is 25.6 Å². The third-order valence-electron chi connectivity index (χ3n) is 4.04. The van der Waals surface area contributed by atoms with E-state index in [0.29, 0.717) is 6.10 Å². The molecule has 4 nitrogen and oxygen atoms in total. The summed E-state index contributed by atoms with van der Waals surface area (Å²) in [6.07, 6.45) is 3.48. The molecule has 4 heteroatoms. The number of nitrogens with zero attached hydrogens (tertiary/aromatic N) is 2. The molecule has 0 amide bonds. The van der Waals surface area contributed by atoms with Crippen molar-refractivity contribution in [3.63, 3.8) is 0 Å². The van der Waals surface area contributed by atoms with Gasteiger partial charge in [-0.05, 0) is 11.6 Å². The topological polar surface area (TPSA) is 29.8 Å². The molecule has 18 heavy (non-hydrogen) atoms. The van der Waals surface area contributed by atoms with Crippen LogP contribution in [0, 0.1) is 7.05 Å². The first-order chi connectivity index (χ1) is 8.76. The average molecular weight is 247 g/mol. The third-order valence-corrected chi connectivity index (χ3v) is 4.04. The molecule has 0 saturated carbocycles. The molecule has 2 aliphatic rings. The molecular weight excluding hydrogens is 226 g/mol. The van der Waals surface area contributed by atoms with Crippen LogP contribution in [0.1, 0.15) is 16.8 Å². The lowest BCUT2D eigenvalue weighted by atomic mass is 9.98. The van der Waals surface area contributed by atoms with Gasteiger partial charge in [0.25, 0.3) is 0 Å². The molecule has 3 heterocycles. The van der Waals surface area contributed by atoms with Crippen molar-refractivity contribution in [2.75, 3.05) is 26.7 Å². The van der Waals surface area contributed by atoms with Crippen LogP contribution in [0.3, 0.4) is 0 Å². The number of methoxy groups -OCH3 is 1. The number of ether oxygens (including phenoxy) is 1. The van der Waals surface area contributed by atoms with E-state index in [1.54, 1.807) is 7.11 Å². The van der Waals surface area contributed by atoms with E-state index in [0.717, 1.165) is 39.1 Å². The smallest absolute Gasteiger partial charge is 0.0825 e. The number of rotatable bonds is 3. The van der Waals surface area contributed by atoms with Crippen molar-refractivity contribution >= 4 is 0 Å². The molecule has 2 aliphatic heterocycles. The van der Waals surface area contributed by atoms with Gasteiger partial charge in [-0.25, -0.2) is 0 Å². The zero-order valence-corrected chi connectivity index (χ0v) is 11.0. The van der Waals surface area contributed by atoms with Crippen molar-refractivity contribution in [2.24, 2.45) is 0 Å². The molecule has 0 aliphatic carbocycles. The highest BCUT2D eigenvalue weighted by atomic mass is 16.5. The maximum atomic E-state index is 5.31. The average Bonchev–Trinajstić information content (AvgIpc) is 2.32. The lowest BCUT2D eigenvalue weighted by Gasteiger charge is -2.38. The number of pyridine rings is 1. The summed E-state index contributed by atoms with van der Waals surface area (Å²) in [5.74, 6) is 0. The number of hydrogen-bond donors (Lipinski definition) is 1. The molecule has 1 saturated heterocycles. The van der Waals surface area contributed by atoms with Crippen LogP contribution >= 0.6 is 0 Å². The highest BCUT2D eigenvalue weighted by molar-refractivity contribution is 5.31. The van der Waals surface area contributed by atoms with Crippen LogP contribution in [0.5, 0.6) is 0 Å². The van der Waals surface area contributed by atoms with Crippen molar-refractivity contribution < 1.29 is 9.64 Å². The van der Waals surface area contributed by atoms with Gasteiger partial charge < -0.3 is 9.64 Å². The largest absolute Gasteiger partial charge is 0.464 e. The van der Waals surface area contributed by atoms with Gasteiger partial charge in [0, 0.05) is 44.9 Å². The summed E-state index contributed by atoms with van der Waals surface area (Å²) >= 11 is 0. The van der Waals surface area contributed by atoms with Crippen LogP contribution in [0.25, 0.3) is 0 Å². The summed E-state index contributed by atoms with van der Waals surface area (Å²) in [4.78, 5) is 8.33. The van der Waals surface area contributed by atoms with Crippen LogP contribution in [-0.2, 0) is 24.2 Å². The second-order valence-electron chi connectivity index (χ2n) is 5.37. The van der Waals surface area contributed by atoms with Crippen molar-refractivity contribution in [3.05, 3.63) is 36.1 Å². The normalized spacial score (nSPS) is 24.7. The first-order valence-electron chi connectivity index (χ1n) is 6.63. The molecule has 0 bridgehead atoms. The minimum atomic E-state index is 0.421. The van der Waals surface area contributed by atoms with Gasteiger partial charge >= 0.3 is 0 Å². The Morgan fingerprint density at radius 1 is 1.56 bits per heavy atom. The minimum Gasteiger partial charge on any atom is -0.464 e. The fourth-order valence-corrected chi connectivity index (χ4v) is 2.86. The van der Waals surface area contributed by atoms with E-state index in [-0.39, 0.29) is 0 Å². The number of fused-ring (bicyclic) bond motifs is 1. The van der Waals surface area contributed by atoms with E-state index in [4.69, 9.17) is 4.74 Å². The van der Waals surface area contributed by atoms with E-state index >= 15 is 0 Å². The zero-order chi connectivity index (χ0) is 12.5. The molecule has 1 N–H and O–H groups in total. The molecule has 0 radical (unpaired) electrons. The van der Waals surface area contributed by atoms with Crippen LogP contribution in [0.4, 0.5) is 0 Å². The second-order valence-corrected chi connectivity index (χ2v) is 5.37. The second kappa shape index (κ2) is 4.96. The number of likely N-dealkylation sites (tertiary alicyclic amines) is 1. The first kappa shape index (κ1) is 12.1. The van der Waals surface area contributed by atoms with Crippen LogP contribution in [0.2, 0.25) is 0 Å². The van der Waals surface area contributed by atoms with Gasteiger partial charge in [0.1, 0.15) is 0 Å². The van der Waals surface area contributed by atoms with Gasteiger partial charge in [-0.2, -0.15) is 7.05 Å². The summed E-state index contributed by atoms with van der Waals surface area (Å²) in [6.45, 7) is 5.19. The lowest BCUT2D eigenvalue weighted by molar-refractivity contribution is -0.870. The Balaban J connectivity index is 1.71. The fraction of sp³-hybridized carbons (Fsp3) is 0.571. The van der Waals surface area contributed by atoms with E-state index in [1.165, 1.54) is 21.7 Å². The molecule has 0 spiro atoms. The Kier molecular flexibility index (Phi) is 3.33. The number of nitrogens with one attached hydrogen (secondary N) is 1. The molecule has 0 aromatic carbocycles. The Hall–Kier alpha value is -0.970. The zero-order valence-electron chi connectivity index (χ0n) is 11.0. The van der Waals surface area contributed by atoms with Crippen LogP contribution < -0.4 is 4.90 Å². The van der Waals surface area contributed by atoms with E-state index in [1.807, 2.05) is 6.20 Å². The minimum absolute atomic E-state index is 0.421. The van der Waals surface area contributed by atoms with E-state index in [9.17, 15) is 0 Å². The SMILES string of the molecule is [CH2-][NH+]1CCc2c(ccnc2CN2CC(OC)C2)C1. The maximum absolute atomic E-state index is 5.31. The predicted molar refractivity (Wildman–Crippen MR) is 68.9 cm³/mol. The van der Waals surface area contributed by atoms with Gasteiger partial charge in [-0.1, -0.05) is 0 Å². The first-order valence-corrected chi connectivity index (χ1v) is 6.63. The molecule has 1 unspecified atom stereocenters. The molecule has 1 fully saturated rings. The molecule has 1 atom stereocenters.